The van der Waals surface area contributed by atoms with E-state index in [-0.39, 0.29) is 16.6 Å². The van der Waals surface area contributed by atoms with Crippen molar-refractivity contribution in [2.75, 3.05) is 7.05 Å². The molecule has 0 N–H and O–H groups in total. The number of aryl methyl sites for hydroxylation is 1. The second kappa shape index (κ2) is 5.91. The average Bonchev–Trinajstić information content (AvgIpc) is 2.53. The first kappa shape index (κ1) is 15.9. The van der Waals surface area contributed by atoms with Gasteiger partial charge in [-0.05, 0) is 24.6 Å². The van der Waals surface area contributed by atoms with Gasteiger partial charge in [0.15, 0.2) is 5.78 Å². The molecule has 0 saturated heterocycles. The third-order valence-electron chi connectivity index (χ3n) is 4.45. The number of rotatable bonds is 4. The summed E-state index contributed by atoms with van der Waals surface area (Å²) in [4.78, 5) is 12.3. The number of likely N-dealkylation sites (N-methyl/N-ethyl adjacent to an activating group) is 1. The Hall–Kier alpha value is -1.98. The summed E-state index contributed by atoms with van der Waals surface area (Å²) in [7, 11) is -2.18. The standard InChI is InChI=1S/C18H19NO3S/c1-13-8-10-15(11-9-13)23(21,22)19(2)18-16(12-17(18)20)14-6-4-3-5-7-14/h3-11,16,18H,12H2,1-2H3/t16-,18-/m0/s1. The number of hydrogen-bond donors (Lipinski definition) is 0. The summed E-state index contributed by atoms with van der Waals surface area (Å²) < 4.78 is 26.8. The monoisotopic (exact) mass is 329 g/mol. The van der Waals surface area contributed by atoms with E-state index in [1.807, 2.05) is 37.3 Å². The van der Waals surface area contributed by atoms with Gasteiger partial charge in [0, 0.05) is 19.4 Å². The third-order valence-corrected chi connectivity index (χ3v) is 6.30. The van der Waals surface area contributed by atoms with Crippen LogP contribution in [0.3, 0.4) is 0 Å². The van der Waals surface area contributed by atoms with Gasteiger partial charge in [0.25, 0.3) is 0 Å². The molecule has 120 valence electrons. The van der Waals surface area contributed by atoms with E-state index in [9.17, 15) is 13.2 Å². The van der Waals surface area contributed by atoms with Crippen molar-refractivity contribution in [2.45, 2.75) is 30.2 Å². The first-order chi connectivity index (χ1) is 10.9. The van der Waals surface area contributed by atoms with E-state index in [0.29, 0.717) is 6.42 Å². The Labute approximate surface area is 136 Å². The van der Waals surface area contributed by atoms with Crippen LogP contribution in [-0.2, 0) is 14.8 Å². The van der Waals surface area contributed by atoms with Crippen molar-refractivity contribution in [2.24, 2.45) is 0 Å². The van der Waals surface area contributed by atoms with E-state index >= 15 is 0 Å². The Morgan fingerprint density at radius 1 is 1.00 bits per heavy atom. The van der Waals surface area contributed by atoms with Crippen molar-refractivity contribution in [1.29, 1.82) is 0 Å². The number of carbonyl (C=O) groups is 1. The molecule has 0 radical (unpaired) electrons. The van der Waals surface area contributed by atoms with Gasteiger partial charge in [-0.3, -0.25) is 4.79 Å². The minimum atomic E-state index is -3.68. The summed E-state index contributed by atoms with van der Waals surface area (Å²) in [6.45, 7) is 1.90. The highest BCUT2D eigenvalue weighted by molar-refractivity contribution is 7.89. The maximum atomic E-state index is 12.8. The Bertz CT molecular complexity index is 813. The molecule has 2 atom stereocenters. The highest BCUT2D eigenvalue weighted by Crippen LogP contribution is 2.39. The summed E-state index contributed by atoms with van der Waals surface area (Å²) in [5.74, 6) is -0.106. The lowest BCUT2D eigenvalue weighted by atomic mass is 9.74. The maximum Gasteiger partial charge on any atom is 0.243 e. The lowest BCUT2D eigenvalue weighted by Gasteiger charge is -2.40. The summed E-state index contributed by atoms with van der Waals surface area (Å²) in [5.41, 5.74) is 2.00. The quantitative estimate of drug-likeness (QED) is 0.867. The molecule has 1 aliphatic carbocycles. The van der Waals surface area contributed by atoms with Crippen LogP contribution in [0.4, 0.5) is 0 Å². The second-order valence-electron chi connectivity index (χ2n) is 5.97. The van der Waals surface area contributed by atoms with Crippen molar-refractivity contribution in [1.82, 2.24) is 4.31 Å². The predicted molar refractivity (Wildman–Crippen MR) is 88.7 cm³/mol. The summed E-state index contributed by atoms with van der Waals surface area (Å²) in [6, 6.07) is 15.7. The van der Waals surface area contributed by atoms with Gasteiger partial charge in [-0.1, -0.05) is 48.0 Å². The fourth-order valence-corrected chi connectivity index (χ4v) is 4.37. The van der Waals surface area contributed by atoms with Gasteiger partial charge in [-0.2, -0.15) is 4.31 Å². The minimum Gasteiger partial charge on any atom is -0.298 e. The van der Waals surface area contributed by atoms with Crippen LogP contribution < -0.4 is 0 Å². The molecule has 1 saturated carbocycles. The van der Waals surface area contributed by atoms with Gasteiger partial charge in [0.1, 0.15) is 0 Å². The van der Waals surface area contributed by atoms with Gasteiger partial charge in [-0.25, -0.2) is 8.42 Å². The van der Waals surface area contributed by atoms with Gasteiger partial charge in [-0.15, -0.1) is 0 Å². The lowest BCUT2D eigenvalue weighted by Crippen LogP contribution is -2.53. The first-order valence-electron chi connectivity index (χ1n) is 7.53. The molecule has 5 heteroatoms. The summed E-state index contributed by atoms with van der Waals surface area (Å²) in [6.07, 6.45) is 0.391. The SMILES string of the molecule is Cc1ccc(S(=O)(=O)N(C)[C@@H]2C(=O)C[C@H]2c2ccccc2)cc1. The number of nitrogens with zero attached hydrogens (tertiary/aromatic N) is 1. The second-order valence-corrected chi connectivity index (χ2v) is 7.96. The number of ketones is 1. The summed E-state index contributed by atoms with van der Waals surface area (Å²) >= 11 is 0. The molecular weight excluding hydrogens is 310 g/mol. The van der Waals surface area contributed by atoms with Crippen LogP contribution in [0.2, 0.25) is 0 Å². The van der Waals surface area contributed by atoms with Crippen LogP contribution in [0.25, 0.3) is 0 Å². The van der Waals surface area contributed by atoms with Crippen LogP contribution in [0.15, 0.2) is 59.5 Å². The van der Waals surface area contributed by atoms with E-state index in [1.54, 1.807) is 24.3 Å². The smallest absolute Gasteiger partial charge is 0.243 e. The molecular formula is C18H19NO3S. The molecule has 0 unspecified atom stereocenters. The topological polar surface area (TPSA) is 54.5 Å². The number of carbonyl (C=O) groups excluding carboxylic acids is 1. The molecule has 3 rings (SSSR count). The minimum absolute atomic E-state index is 0.0305. The molecule has 1 aliphatic rings. The van der Waals surface area contributed by atoms with Gasteiger partial charge in [0.2, 0.25) is 10.0 Å². The molecule has 0 aliphatic heterocycles. The van der Waals surface area contributed by atoms with Crippen LogP contribution in [0.1, 0.15) is 23.5 Å². The predicted octanol–water partition coefficient (Wildman–Crippen LogP) is 2.74. The molecule has 0 bridgehead atoms. The van der Waals surface area contributed by atoms with Gasteiger partial charge in [0.05, 0.1) is 10.9 Å². The zero-order valence-corrected chi connectivity index (χ0v) is 14.0. The molecule has 4 nitrogen and oxygen atoms in total. The zero-order chi connectivity index (χ0) is 16.6. The largest absolute Gasteiger partial charge is 0.298 e. The van der Waals surface area contributed by atoms with Crippen molar-refractivity contribution in [3.05, 3.63) is 65.7 Å². The Kier molecular flexibility index (Phi) is 4.08. The van der Waals surface area contributed by atoms with E-state index in [2.05, 4.69) is 0 Å². The average molecular weight is 329 g/mol. The summed E-state index contributed by atoms with van der Waals surface area (Å²) in [5, 5.41) is 0. The Balaban J connectivity index is 1.90. The molecule has 23 heavy (non-hydrogen) atoms. The van der Waals surface area contributed by atoms with Crippen molar-refractivity contribution in [3.8, 4) is 0 Å². The number of sulfonamides is 1. The first-order valence-corrected chi connectivity index (χ1v) is 8.97. The Morgan fingerprint density at radius 2 is 1.61 bits per heavy atom. The number of Topliss-reactive ketones (excluding diaryl/α,β-unsaturated/α-hetero) is 1. The van der Waals surface area contributed by atoms with Crippen molar-refractivity contribution in [3.63, 3.8) is 0 Å². The van der Waals surface area contributed by atoms with Crippen LogP contribution in [-0.4, -0.2) is 31.6 Å². The maximum absolute atomic E-state index is 12.8. The molecule has 0 spiro atoms. The molecule has 2 aromatic carbocycles. The molecule has 2 aromatic rings. The van der Waals surface area contributed by atoms with Gasteiger partial charge < -0.3 is 0 Å². The lowest BCUT2D eigenvalue weighted by molar-refractivity contribution is -0.130. The molecule has 0 aromatic heterocycles. The normalized spacial score (nSPS) is 21.3. The highest BCUT2D eigenvalue weighted by atomic mass is 32.2. The Morgan fingerprint density at radius 3 is 2.17 bits per heavy atom. The van der Waals surface area contributed by atoms with Crippen LogP contribution in [0.5, 0.6) is 0 Å². The van der Waals surface area contributed by atoms with E-state index in [1.165, 1.54) is 11.4 Å². The number of benzene rings is 2. The van der Waals surface area contributed by atoms with Crippen molar-refractivity contribution < 1.29 is 13.2 Å². The highest BCUT2D eigenvalue weighted by Gasteiger charge is 2.47. The zero-order valence-electron chi connectivity index (χ0n) is 13.1. The van der Waals surface area contributed by atoms with E-state index < -0.39 is 16.1 Å². The third kappa shape index (κ3) is 2.82. The molecule has 0 amide bonds. The fraction of sp³-hybridized carbons (Fsp3) is 0.278. The van der Waals surface area contributed by atoms with E-state index in [4.69, 9.17) is 0 Å². The van der Waals surface area contributed by atoms with E-state index in [0.717, 1.165) is 11.1 Å². The van der Waals surface area contributed by atoms with Crippen LogP contribution >= 0.6 is 0 Å². The van der Waals surface area contributed by atoms with Crippen LogP contribution in [0, 0.1) is 6.92 Å². The molecule has 0 heterocycles. The fourth-order valence-electron chi connectivity index (χ4n) is 3.00. The van der Waals surface area contributed by atoms with Crippen molar-refractivity contribution >= 4 is 15.8 Å². The van der Waals surface area contributed by atoms with Gasteiger partial charge >= 0.3 is 0 Å². The number of hydrogen-bond acceptors (Lipinski definition) is 3. The molecule has 1 fully saturated rings.